The first-order chi connectivity index (χ1) is 7.65. The molecule has 0 spiro atoms. The molecular weight excluding hydrogens is 220 g/mol. The van der Waals surface area contributed by atoms with E-state index in [0.29, 0.717) is 5.56 Å². The lowest BCUT2D eigenvalue weighted by molar-refractivity contribution is 0.0938. The van der Waals surface area contributed by atoms with E-state index in [1.807, 2.05) is 12.1 Å². The fraction of sp³-hybridized carbons (Fsp3) is 0.417. The lowest BCUT2D eigenvalue weighted by Gasteiger charge is -2.12. The molecule has 1 atom stereocenters. The number of carbonyl (C=O) groups is 1. The SMILES string of the molecule is CN1CCC(NC(=O)c2ccc(S)cc2)C1. The number of nitrogens with one attached hydrogen (secondary N) is 1. The molecule has 0 saturated carbocycles. The van der Waals surface area contributed by atoms with E-state index in [2.05, 4.69) is 29.9 Å². The van der Waals surface area contributed by atoms with E-state index in [9.17, 15) is 4.79 Å². The number of carbonyl (C=O) groups excluding carboxylic acids is 1. The Morgan fingerprint density at radius 2 is 2.12 bits per heavy atom. The van der Waals surface area contributed by atoms with Crippen LogP contribution in [0.3, 0.4) is 0 Å². The van der Waals surface area contributed by atoms with Crippen LogP contribution in [0, 0.1) is 0 Å². The van der Waals surface area contributed by atoms with Gasteiger partial charge in [-0.05, 0) is 44.3 Å². The number of hydrogen-bond donors (Lipinski definition) is 2. The molecule has 86 valence electrons. The highest BCUT2D eigenvalue weighted by molar-refractivity contribution is 7.80. The maximum absolute atomic E-state index is 11.9. The van der Waals surface area contributed by atoms with Gasteiger partial charge in [0.1, 0.15) is 0 Å². The Morgan fingerprint density at radius 1 is 1.44 bits per heavy atom. The van der Waals surface area contributed by atoms with E-state index >= 15 is 0 Å². The Balaban J connectivity index is 1.95. The van der Waals surface area contributed by atoms with Crippen molar-refractivity contribution in [3.05, 3.63) is 29.8 Å². The smallest absolute Gasteiger partial charge is 0.251 e. The monoisotopic (exact) mass is 236 g/mol. The summed E-state index contributed by atoms with van der Waals surface area (Å²) in [4.78, 5) is 15.0. The van der Waals surface area contributed by atoms with Crippen molar-refractivity contribution >= 4 is 18.5 Å². The van der Waals surface area contributed by atoms with Crippen molar-refractivity contribution in [1.82, 2.24) is 10.2 Å². The van der Waals surface area contributed by atoms with Crippen LogP contribution in [-0.4, -0.2) is 37.0 Å². The molecule has 0 bridgehead atoms. The van der Waals surface area contributed by atoms with Crippen molar-refractivity contribution in [2.24, 2.45) is 0 Å². The molecule has 4 heteroatoms. The molecule has 0 aliphatic carbocycles. The second-order valence-corrected chi connectivity index (χ2v) is 4.78. The Bertz CT molecular complexity index is 377. The van der Waals surface area contributed by atoms with Crippen LogP contribution in [0.15, 0.2) is 29.2 Å². The number of likely N-dealkylation sites (tertiary alicyclic amines) is 1. The van der Waals surface area contributed by atoms with Gasteiger partial charge in [0.15, 0.2) is 0 Å². The minimum Gasteiger partial charge on any atom is -0.348 e. The van der Waals surface area contributed by atoms with Crippen molar-refractivity contribution in [2.75, 3.05) is 20.1 Å². The number of likely N-dealkylation sites (N-methyl/N-ethyl adjacent to an activating group) is 1. The molecule has 16 heavy (non-hydrogen) atoms. The Labute approximate surface area is 101 Å². The summed E-state index contributed by atoms with van der Waals surface area (Å²) in [6.45, 7) is 2.00. The van der Waals surface area contributed by atoms with Crippen LogP contribution in [0.2, 0.25) is 0 Å². The van der Waals surface area contributed by atoms with Crippen molar-refractivity contribution in [1.29, 1.82) is 0 Å². The average Bonchev–Trinajstić information content (AvgIpc) is 2.65. The number of thiol groups is 1. The zero-order valence-corrected chi connectivity index (χ0v) is 10.2. The van der Waals surface area contributed by atoms with Gasteiger partial charge in [-0.3, -0.25) is 4.79 Å². The zero-order valence-electron chi connectivity index (χ0n) is 9.31. The third-order valence-electron chi connectivity index (χ3n) is 2.86. The van der Waals surface area contributed by atoms with E-state index in [1.54, 1.807) is 12.1 Å². The highest BCUT2D eigenvalue weighted by Gasteiger charge is 2.21. The van der Waals surface area contributed by atoms with E-state index in [1.165, 1.54) is 0 Å². The highest BCUT2D eigenvalue weighted by atomic mass is 32.1. The summed E-state index contributed by atoms with van der Waals surface area (Å²) in [5.41, 5.74) is 0.701. The van der Waals surface area contributed by atoms with E-state index in [0.717, 1.165) is 24.4 Å². The Kier molecular flexibility index (Phi) is 3.51. The van der Waals surface area contributed by atoms with Crippen LogP contribution in [-0.2, 0) is 0 Å². The van der Waals surface area contributed by atoms with E-state index < -0.39 is 0 Å². The highest BCUT2D eigenvalue weighted by Crippen LogP contribution is 2.10. The molecule has 1 aromatic carbocycles. The minimum absolute atomic E-state index is 0.00799. The first kappa shape index (κ1) is 11.5. The van der Waals surface area contributed by atoms with Gasteiger partial charge in [0, 0.05) is 23.0 Å². The molecule has 2 rings (SSSR count). The van der Waals surface area contributed by atoms with Gasteiger partial charge in [0.05, 0.1) is 0 Å². The summed E-state index contributed by atoms with van der Waals surface area (Å²) in [5, 5.41) is 3.04. The molecule has 1 fully saturated rings. The predicted molar refractivity (Wildman–Crippen MR) is 67.1 cm³/mol. The van der Waals surface area contributed by atoms with Crippen LogP contribution in [0.25, 0.3) is 0 Å². The number of nitrogens with zero attached hydrogens (tertiary/aromatic N) is 1. The molecule has 1 unspecified atom stereocenters. The second-order valence-electron chi connectivity index (χ2n) is 4.27. The molecular formula is C12H16N2OS. The van der Waals surface area contributed by atoms with Gasteiger partial charge in [-0.2, -0.15) is 0 Å². The third kappa shape index (κ3) is 2.77. The van der Waals surface area contributed by atoms with Crippen molar-refractivity contribution in [2.45, 2.75) is 17.4 Å². The zero-order chi connectivity index (χ0) is 11.5. The van der Waals surface area contributed by atoms with E-state index in [-0.39, 0.29) is 11.9 Å². The molecule has 0 aromatic heterocycles. The van der Waals surface area contributed by atoms with E-state index in [4.69, 9.17) is 0 Å². The Morgan fingerprint density at radius 3 is 2.69 bits per heavy atom. The van der Waals surface area contributed by atoms with Gasteiger partial charge >= 0.3 is 0 Å². The molecule has 1 heterocycles. The van der Waals surface area contributed by atoms with Gasteiger partial charge < -0.3 is 10.2 Å². The van der Waals surface area contributed by atoms with Crippen molar-refractivity contribution in [3.8, 4) is 0 Å². The topological polar surface area (TPSA) is 32.3 Å². The van der Waals surface area contributed by atoms with Crippen LogP contribution in [0.5, 0.6) is 0 Å². The molecule has 1 saturated heterocycles. The predicted octanol–water partition coefficient (Wildman–Crippen LogP) is 1.41. The molecule has 1 aliphatic heterocycles. The summed E-state index contributed by atoms with van der Waals surface area (Å²) in [6, 6.07) is 7.55. The summed E-state index contributed by atoms with van der Waals surface area (Å²) in [7, 11) is 2.07. The number of rotatable bonds is 2. The van der Waals surface area contributed by atoms with Crippen molar-refractivity contribution in [3.63, 3.8) is 0 Å². The lowest BCUT2D eigenvalue weighted by atomic mass is 10.2. The number of hydrogen-bond acceptors (Lipinski definition) is 3. The summed E-state index contributed by atoms with van der Waals surface area (Å²) < 4.78 is 0. The van der Waals surface area contributed by atoms with Gasteiger partial charge in [-0.1, -0.05) is 0 Å². The third-order valence-corrected chi connectivity index (χ3v) is 3.15. The van der Waals surface area contributed by atoms with Crippen LogP contribution in [0.4, 0.5) is 0 Å². The molecule has 1 amide bonds. The van der Waals surface area contributed by atoms with Crippen LogP contribution in [0.1, 0.15) is 16.8 Å². The standard InChI is InChI=1S/C12H16N2OS/c1-14-7-6-10(8-14)13-12(15)9-2-4-11(16)5-3-9/h2-5,10,16H,6-8H2,1H3,(H,13,15). The minimum atomic E-state index is 0.00799. The van der Waals surface area contributed by atoms with Crippen LogP contribution >= 0.6 is 12.6 Å². The quantitative estimate of drug-likeness (QED) is 0.761. The first-order valence-electron chi connectivity index (χ1n) is 5.43. The van der Waals surface area contributed by atoms with Gasteiger partial charge in [-0.15, -0.1) is 12.6 Å². The summed E-state index contributed by atoms with van der Waals surface area (Å²) >= 11 is 4.19. The first-order valence-corrected chi connectivity index (χ1v) is 5.88. The molecule has 1 N–H and O–H groups in total. The molecule has 1 aromatic rings. The maximum atomic E-state index is 11.9. The fourth-order valence-corrected chi connectivity index (χ4v) is 2.08. The average molecular weight is 236 g/mol. The van der Waals surface area contributed by atoms with Gasteiger partial charge in [0.2, 0.25) is 0 Å². The Hall–Kier alpha value is -1.00. The van der Waals surface area contributed by atoms with Crippen molar-refractivity contribution < 1.29 is 4.79 Å². The fourth-order valence-electron chi connectivity index (χ4n) is 1.93. The van der Waals surface area contributed by atoms with Crippen LogP contribution < -0.4 is 5.32 Å². The number of amides is 1. The van der Waals surface area contributed by atoms with Gasteiger partial charge in [-0.25, -0.2) is 0 Å². The molecule has 3 nitrogen and oxygen atoms in total. The van der Waals surface area contributed by atoms with Gasteiger partial charge in [0.25, 0.3) is 5.91 Å². The lowest BCUT2D eigenvalue weighted by Crippen LogP contribution is -2.36. The summed E-state index contributed by atoms with van der Waals surface area (Å²) in [5.74, 6) is 0.00799. The summed E-state index contributed by atoms with van der Waals surface area (Å²) in [6.07, 6.45) is 1.03. The number of benzene rings is 1. The molecule has 1 aliphatic rings. The normalized spacial score (nSPS) is 21.0. The largest absolute Gasteiger partial charge is 0.348 e. The maximum Gasteiger partial charge on any atom is 0.251 e. The molecule has 0 radical (unpaired) electrons. The second kappa shape index (κ2) is 4.89.